The molecule has 0 aromatic heterocycles. The topological polar surface area (TPSA) is 46.2 Å². The zero-order valence-electron chi connectivity index (χ0n) is 6.41. The van der Waals surface area contributed by atoms with Gasteiger partial charge in [-0.15, -0.1) is 0 Å². The molecule has 5 heteroatoms. The minimum absolute atomic E-state index is 0.257. The standard InChI is InChI=1S/C7H8BrNO2S/c1-9-12(10,11)7-5-3-2-4-6(7)8/h2-5,9H,1H3. The molecule has 0 bridgehead atoms. The Kier molecular flexibility index (Phi) is 2.87. The number of hydrogen-bond donors (Lipinski definition) is 1. The normalized spacial score (nSPS) is 11.5. The summed E-state index contributed by atoms with van der Waals surface area (Å²) in [5.74, 6) is 0. The molecular weight excluding hydrogens is 242 g/mol. The van der Waals surface area contributed by atoms with Gasteiger partial charge in [0.2, 0.25) is 10.0 Å². The van der Waals surface area contributed by atoms with Gasteiger partial charge in [0.1, 0.15) is 0 Å². The van der Waals surface area contributed by atoms with Crippen LogP contribution in [0.2, 0.25) is 0 Å². The van der Waals surface area contributed by atoms with E-state index in [1.54, 1.807) is 18.2 Å². The van der Waals surface area contributed by atoms with Crippen molar-refractivity contribution in [2.75, 3.05) is 7.05 Å². The zero-order valence-corrected chi connectivity index (χ0v) is 8.81. The van der Waals surface area contributed by atoms with Crippen molar-refractivity contribution >= 4 is 26.0 Å². The Labute approximate surface area is 80.0 Å². The fourth-order valence-corrected chi connectivity index (χ4v) is 2.50. The number of rotatable bonds is 2. The van der Waals surface area contributed by atoms with E-state index in [-0.39, 0.29) is 4.90 Å². The third kappa shape index (κ3) is 1.85. The summed E-state index contributed by atoms with van der Waals surface area (Å²) >= 11 is 3.15. The lowest BCUT2D eigenvalue weighted by molar-refractivity contribution is 0.588. The van der Waals surface area contributed by atoms with Crippen molar-refractivity contribution in [3.8, 4) is 0 Å². The number of hydrogen-bond acceptors (Lipinski definition) is 2. The highest BCUT2D eigenvalue weighted by Gasteiger charge is 2.13. The Bertz CT molecular complexity index is 375. The van der Waals surface area contributed by atoms with E-state index in [9.17, 15) is 8.42 Å². The number of benzene rings is 1. The maximum Gasteiger partial charge on any atom is 0.241 e. The van der Waals surface area contributed by atoms with Crippen LogP contribution in [0.25, 0.3) is 0 Å². The molecule has 0 fully saturated rings. The molecule has 1 N–H and O–H groups in total. The van der Waals surface area contributed by atoms with E-state index >= 15 is 0 Å². The van der Waals surface area contributed by atoms with Crippen molar-refractivity contribution in [1.29, 1.82) is 0 Å². The zero-order chi connectivity index (χ0) is 9.19. The summed E-state index contributed by atoms with van der Waals surface area (Å²) in [6, 6.07) is 6.66. The van der Waals surface area contributed by atoms with Gasteiger partial charge in [-0.05, 0) is 35.1 Å². The van der Waals surface area contributed by atoms with E-state index in [1.165, 1.54) is 13.1 Å². The third-order valence-corrected chi connectivity index (χ3v) is 3.82. The van der Waals surface area contributed by atoms with Crippen molar-refractivity contribution in [3.63, 3.8) is 0 Å². The molecule has 0 aliphatic rings. The predicted molar refractivity (Wildman–Crippen MR) is 50.4 cm³/mol. The second-order valence-corrected chi connectivity index (χ2v) is 4.85. The molecule has 1 aromatic rings. The van der Waals surface area contributed by atoms with Crippen LogP contribution >= 0.6 is 15.9 Å². The quantitative estimate of drug-likeness (QED) is 0.861. The van der Waals surface area contributed by atoms with E-state index in [4.69, 9.17) is 0 Å². The van der Waals surface area contributed by atoms with Gasteiger partial charge in [0.05, 0.1) is 4.90 Å². The smallest absolute Gasteiger partial charge is 0.214 e. The summed E-state index contributed by atoms with van der Waals surface area (Å²) in [4.78, 5) is 0.257. The minimum Gasteiger partial charge on any atom is -0.214 e. The molecule has 1 rings (SSSR count). The minimum atomic E-state index is -3.33. The Balaban J connectivity index is 3.30. The van der Waals surface area contributed by atoms with Crippen LogP contribution in [0.15, 0.2) is 33.6 Å². The van der Waals surface area contributed by atoms with Crippen molar-refractivity contribution < 1.29 is 8.42 Å². The second kappa shape index (κ2) is 3.55. The Hall–Kier alpha value is -0.390. The first-order chi connectivity index (χ1) is 5.58. The summed E-state index contributed by atoms with van der Waals surface area (Å²) in [6.07, 6.45) is 0. The molecule has 0 unspecified atom stereocenters. The van der Waals surface area contributed by atoms with Gasteiger partial charge in [-0.3, -0.25) is 0 Å². The molecule has 0 atom stereocenters. The van der Waals surface area contributed by atoms with Crippen molar-refractivity contribution in [2.24, 2.45) is 0 Å². The van der Waals surface area contributed by atoms with Crippen molar-refractivity contribution in [1.82, 2.24) is 4.72 Å². The van der Waals surface area contributed by atoms with E-state index in [0.717, 1.165) is 0 Å². The number of sulfonamides is 1. The average molecular weight is 250 g/mol. The van der Waals surface area contributed by atoms with Gasteiger partial charge in [0.15, 0.2) is 0 Å². The second-order valence-electron chi connectivity index (χ2n) is 2.14. The maximum absolute atomic E-state index is 11.3. The maximum atomic E-state index is 11.3. The summed E-state index contributed by atoms with van der Waals surface area (Å²) in [5.41, 5.74) is 0. The lowest BCUT2D eigenvalue weighted by atomic mass is 10.4. The molecule has 0 spiro atoms. The molecule has 1 aromatic carbocycles. The summed E-state index contributed by atoms with van der Waals surface area (Å²) in [5, 5.41) is 0. The van der Waals surface area contributed by atoms with E-state index < -0.39 is 10.0 Å². The van der Waals surface area contributed by atoms with Gasteiger partial charge < -0.3 is 0 Å². The van der Waals surface area contributed by atoms with Crippen LogP contribution in [0, 0.1) is 0 Å². The van der Waals surface area contributed by atoms with Gasteiger partial charge in [0.25, 0.3) is 0 Å². The van der Waals surface area contributed by atoms with Crippen LogP contribution < -0.4 is 4.72 Å². The largest absolute Gasteiger partial charge is 0.241 e. The Morgan fingerprint density at radius 1 is 1.33 bits per heavy atom. The third-order valence-electron chi connectivity index (χ3n) is 1.39. The summed E-state index contributed by atoms with van der Waals surface area (Å²) in [6.45, 7) is 0. The van der Waals surface area contributed by atoms with Crippen LogP contribution in [0.1, 0.15) is 0 Å². The van der Waals surface area contributed by atoms with Crippen LogP contribution in [-0.4, -0.2) is 15.5 Å². The monoisotopic (exact) mass is 249 g/mol. The molecule has 66 valence electrons. The van der Waals surface area contributed by atoms with Gasteiger partial charge in [-0.2, -0.15) is 0 Å². The molecule has 0 aliphatic carbocycles. The van der Waals surface area contributed by atoms with Gasteiger partial charge in [-0.25, -0.2) is 13.1 Å². The van der Waals surface area contributed by atoms with Gasteiger partial charge >= 0.3 is 0 Å². The first-order valence-electron chi connectivity index (χ1n) is 3.26. The van der Waals surface area contributed by atoms with Crippen molar-refractivity contribution in [2.45, 2.75) is 4.90 Å². The number of halogens is 1. The summed E-state index contributed by atoms with van der Waals surface area (Å²) < 4.78 is 25.4. The van der Waals surface area contributed by atoms with Crippen LogP contribution in [0.4, 0.5) is 0 Å². The average Bonchev–Trinajstić information content (AvgIpc) is 2.05. The lowest BCUT2D eigenvalue weighted by Crippen LogP contribution is -2.18. The SMILES string of the molecule is CNS(=O)(=O)c1ccccc1Br. The molecule has 0 saturated carbocycles. The van der Waals surface area contributed by atoms with Gasteiger partial charge in [0, 0.05) is 4.47 Å². The fourth-order valence-electron chi connectivity index (χ4n) is 0.773. The first kappa shape index (κ1) is 9.70. The highest BCUT2D eigenvalue weighted by molar-refractivity contribution is 9.10. The molecule has 0 radical (unpaired) electrons. The highest BCUT2D eigenvalue weighted by Crippen LogP contribution is 2.20. The number of nitrogens with one attached hydrogen (secondary N) is 1. The molecule has 0 heterocycles. The van der Waals surface area contributed by atoms with Gasteiger partial charge in [-0.1, -0.05) is 12.1 Å². The highest BCUT2D eigenvalue weighted by atomic mass is 79.9. The van der Waals surface area contributed by atoms with E-state index in [2.05, 4.69) is 20.7 Å². The Morgan fingerprint density at radius 2 is 1.92 bits per heavy atom. The molecule has 0 amide bonds. The molecule has 12 heavy (non-hydrogen) atoms. The fraction of sp³-hybridized carbons (Fsp3) is 0.143. The predicted octanol–water partition coefficient (Wildman–Crippen LogP) is 1.36. The van der Waals surface area contributed by atoms with Crippen LogP contribution in [0.3, 0.4) is 0 Å². The molecule has 0 aliphatic heterocycles. The molecule has 3 nitrogen and oxygen atoms in total. The van der Waals surface area contributed by atoms with Crippen LogP contribution in [-0.2, 0) is 10.0 Å². The van der Waals surface area contributed by atoms with E-state index in [1.807, 2.05) is 0 Å². The molecule has 0 saturated heterocycles. The molecular formula is C7H8BrNO2S. The summed E-state index contributed by atoms with van der Waals surface area (Å²) in [7, 11) is -1.94. The lowest BCUT2D eigenvalue weighted by Gasteiger charge is -2.03. The van der Waals surface area contributed by atoms with E-state index in [0.29, 0.717) is 4.47 Å². The Morgan fingerprint density at radius 3 is 2.42 bits per heavy atom. The van der Waals surface area contributed by atoms with Crippen molar-refractivity contribution in [3.05, 3.63) is 28.7 Å². The van der Waals surface area contributed by atoms with Crippen LogP contribution in [0.5, 0.6) is 0 Å². The first-order valence-corrected chi connectivity index (χ1v) is 5.53.